The predicted molar refractivity (Wildman–Crippen MR) is 81.6 cm³/mol. The van der Waals surface area contributed by atoms with E-state index in [1.807, 2.05) is 0 Å². The van der Waals surface area contributed by atoms with E-state index in [0.717, 1.165) is 0 Å². The van der Waals surface area contributed by atoms with Crippen LogP contribution >= 0.6 is 0 Å². The fraction of sp³-hybridized carbons (Fsp3) is 0.0769. The monoisotopic (exact) mass is 337 g/mol. The van der Waals surface area contributed by atoms with E-state index in [4.69, 9.17) is 4.18 Å². The van der Waals surface area contributed by atoms with Crippen LogP contribution in [0, 0.1) is 20.2 Å². The molecular weight excluding hydrogens is 326 g/mol. The highest BCUT2D eigenvalue weighted by Gasteiger charge is 2.17. The molecular formula is C13H11N3O6S. The Morgan fingerprint density at radius 2 is 1.35 bits per heavy atom. The van der Waals surface area contributed by atoms with Crippen LogP contribution in [0.3, 0.4) is 0 Å². The van der Waals surface area contributed by atoms with Crippen LogP contribution in [0.25, 0.3) is 0 Å². The van der Waals surface area contributed by atoms with Gasteiger partial charge in [0.2, 0.25) is 10.0 Å². The molecule has 0 N–H and O–H groups in total. The molecule has 9 nitrogen and oxygen atoms in total. The molecule has 0 aliphatic rings. The minimum absolute atomic E-state index is 0.129. The first-order chi connectivity index (χ1) is 10.9. The Morgan fingerprint density at radius 1 is 0.913 bits per heavy atom. The standard InChI is InChI=1S/C13H11N3O6S/c1-14-23(21,13-8-4-11(5-9-13)16(19)20)22-12-6-2-10(3-7-12)15(17)18/h2-9H,1H3. The molecule has 0 fully saturated rings. The average molecular weight is 337 g/mol. The Morgan fingerprint density at radius 3 is 1.74 bits per heavy atom. The topological polar surface area (TPSA) is 125 Å². The maximum absolute atomic E-state index is 12.7. The molecule has 0 bridgehead atoms. The quantitative estimate of drug-likeness (QED) is 0.610. The summed E-state index contributed by atoms with van der Waals surface area (Å²) in [5, 5.41) is 21.2. The fourth-order valence-electron chi connectivity index (χ4n) is 1.68. The molecule has 0 spiro atoms. The smallest absolute Gasteiger partial charge is 0.269 e. The van der Waals surface area contributed by atoms with Gasteiger partial charge in [0.1, 0.15) is 5.75 Å². The molecule has 0 heterocycles. The van der Waals surface area contributed by atoms with E-state index < -0.39 is 19.9 Å². The van der Waals surface area contributed by atoms with E-state index in [-0.39, 0.29) is 22.0 Å². The Kier molecular flexibility index (Phi) is 4.55. The molecule has 0 amide bonds. The normalized spacial score (nSPS) is 12.9. The summed E-state index contributed by atoms with van der Waals surface area (Å²) in [6.45, 7) is 0. The predicted octanol–water partition coefficient (Wildman–Crippen LogP) is 2.95. The van der Waals surface area contributed by atoms with Crippen molar-refractivity contribution in [2.45, 2.75) is 4.90 Å². The van der Waals surface area contributed by atoms with E-state index in [2.05, 4.69) is 4.36 Å². The zero-order valence-electron chi connectivity index (χ0n) is 11.8. The Labute approximate surface area is 131 Å². The van der Waals surface area contributed by atoms with Crippen LogP contribution < -0.4 is 4.18 Å². The molecule has 1 unspecified atom stereocenters. The first-order valence-electron chi connectivity index (χ1n) is 6.19. The van der Waals surface area contributed by atoms with Crippen LogP contribution in [0.2, 0.25) is 0 Å². The minimum Gasteiger partial charge on any atom is -0.392 e. The molecule has 2 aromatic rings. The van der Waals surface area contributed by atoms with Gasteiger partial charge in [-0.05, 0) is 24.3 Å². The van der Waals surface area contributed by atoms with E-state index in [1.165, 1.54) is 55.6 Å². The van der Waals surface area contributed by atoms with Gasteiger partial charge in [0.05, 0.1) is 14.7 Å². The van der Waals surface area contributed by atoms with Gasteiger partial charge in [-0.2, -0.15) is 0 Å². The number of nitro benzene ring substituents is 2. The summed E-state index contributed by atoms with van der Waals surface area (Å²) in [5.74, 6) is 0.129. The lowest BCUT2D eigenvalue weighted by atomic mass is 10.3. The molecule has 2 rings (SSSR count). The Balaban J connectivity index is 2.32. The van der Waals surface area contributed by atoms with Crippen molar-refractivity contribution in [3.63, 3.8) is 0 Å². The van der Waals surface area contributed by atoms with Crippen molar-refractivity contribution in [3.05, 3.63) is 68.8 Å². The average Bonchev–Trinajstić information content (AvgIpc) is 2.55. The zero-order valence-corrected chi connectivity index (χ0v) is 12.6. The maximum atomic E-state index is 12.7. The third-order valence-electron chi connectivity index (χ3n) is 2.84. The lowest BCUT2D eigenvalue weighted by Gasteiger charge is -2.11. The van der Waals surface area contributed by atoms with Crippen LogP contribution in [0.4, 0.5) is 11.4 Å². The molecule has 0 radical (unpaired) electrons. The molecule has 0 saturated heterocycles. The van der Waals surface area contributed by atoms with Gasteiger partial charge in [0.25, 0.3) is 11.4 Å². The van der Waals surface area contributed by atoms with Crippen LogP contribution in [0.15, 0.2) is 57.8 Å². The molecule has 1 atom stereocenters. The Bertz CT molecular complexity index is 854. The second kappa shape index (κ2) is 6.40. The van der Waals surface area contributed by atoms with E-state index in [1.54, 1.807) is 0 Å². The molecule has 0 aromatic heterocycles. The number of non-ortho nitro benzene ring substituents is 2. The summed E-state index contributed by atoms with van der Waals surface area (Å²) in [5.41, 5.74) is -0.283. The zero-order chi connectivity index (χ0) is 17.0. The molecule has 120 valence electrons. The largest absolute Gasteiger partial charge is 0.392 e. The van der Waals surface area contributed by atoms with Crippen molar-refractivity contribution >= 4 is 21.4 Å². The lowest BCUT2D eigenvalue weighted by molar-refractivity contribution is -0.385. The van der Waals surface area contributed by atoms with Gasteiger partial charge >= 0.3 is 0 Å². The molecule has 0 saturated carbocycles. The van der Waals surface area contributed by atoms with Crippen molar-refractivity contribution in [3.8, 4) is 5.75 Å². The first-order valence-corrected chi connectivity index (χ1v) is 7.63. The van der Waals surface area contributed by atoms with E-state index in [9.17, 15) is 24.4 Å². The van der Waals surface area contributed by atoms with Crippen LogP contribution in [0.1, 0.15) is 0 Å². The second-order valence-electron chi connectivity index (χ2n) is 4.24. The summed E-state index contributed by atoms with van der Waals surface area (Å²) in [6.07, 6.45) is 0. The van der Waals surface area contributed by atoms with Crippen molar-refractivity contribution in [2.75, 3.05) is 7.05 Å². The highest BCUT2D eigenvalue weighted by Crippen LogP contribution is 2.24. The van der Waals surface area contributed by atoms with Gasteiger partial charge in [0, 0.05) is 31.3 Å². The van der Waals surface area contributed by atoms with Gasteiger partial charge in [0.15, 0.2) is 0 Å². The molecule has 23 heavy (non-hydrogen) atoms. The van der Waals surface area contributed by atoms with Crippen molar-refractivity contribution in [1.82, 2.24) is 0 Å². The summed E-state index contributed by atoms with van der Waals surface area (Å²) in [7, 11) is -2.01. The van der Waals surface area contributed by atoms with Crippen molar-refractivity contribution in [2.24, 2.45) is 4.36 Å². The van der Waals surface area contributed by atoms with E-state index >= 15 is 0 Å². The molecule has 10 heteroatoms. The van der Waals surface area contributed by atoms with Gasteiger partial charge in [-0.1, -0.05) is 0 Å². The first kappa shape index (κ1) is 16.4. The van der Waals surface area contributed by atoms with Crippen LogP contribution in [0.5, 0.6) is 5.75 Å². The number of hydrogen-bond donors (Lipinski definition) is 0. The van der Waals surface area contributed by atoms with Crippen molar-refractivity contribution < 1.29 is 18.2 Å². The number of nitro groups is 2. The van der Waals surface area contributed by atoms with E-state index in [0.29, 0.717) is 0 Å². The maximum Gasteiger partial charge on any atom is 0.269 e. The third kappa shape index (κ3) is 3.61. The van der Waals surface area contributed by atoms with Crippen LogP contribution in [-0.2, 0) is 10.0 Å². The van der Waals surface area contributed by atoms with Crippen molar-refractivity contribution in [1.29, 1.82) is 0 Å². The lowest BCUT2D eigenvalue weighted by Crippen LogP contribution is -2.09. The summed E-state index contributed by atoms with van der Waals surface area (Å²) in [6, 6.07) is 9.99. The SMILES string of the molecule is CN=S(=O)(Oc1ccc([N+](=O)[O-])cc1)c1ccc([N+](=O)[O-])cc1. The number of rotatable bonds is 5. The van der Waals surface area contributed by atoms with Gasteiger partial charge in [-0.25, -0.2) is 8.57 Å². The number of nitrogens with zero attached hydrogens (tertiary/aromatic N) is 3. The minimum atomic E-state index is -3.30. The summed E-state index contributed by atoms with van der Waals surface area (Å²) in [4.78, 5) is 20.2. The fourth-order valence-corrected chi connectivity index (χ4v) is 2.92. The highest BCUT2D eigenvalue weighted by atomic mass is 32.2. The summed E-state index contributed by atoms with van der Waals surface area (Å²) >= 11 is 0. The Hall–Kier alpha value is -3.01. The molecule has 0 aliphatic heterocycles. The van der Waals surface area contributed by atoms with Gasteiger partial charge < -0.3 is 4.18 Å². The summed E-state index contributed by atoms with van der Waals surface area (Å²) < 4.78 is 21.8. The van der Waals surface area contributed by atoms with Gasteiger partial charge in [-0.15, -0.1) is 0 Å². The highest BCUT2D eigenvalue weighted by molar-refractivity contribution is 7.89. The third-order valence-corrected chi connectivity index (χ3v) is 4.61. The van der Waals surface area contributed by atoms with Gasteiger partial charge in [-0.3, -0.25) is 20.2 Å². The second-order valence-corrected chi connectivity index (χ2v) is 6.20. The molecule has 0 aliphatic carbocycles. The number of benzene rings is 2. The van der Waals surface area contributed by atoms with Crippen LogP contribution in [-0.4, -0.2) is 21.1 Å². The molecule has 2 aromatic carbocycles. The number of hydrogen-bond acceptors (Lipinski definition) is 7.